The van der Waals surface area contributed by atoms with Gasteiger partial charge in [0.05, 0.1) is 0 Å². The first kappa shape index (κ1) is 10.9. The average molecular weight is 284 g/mol. The molecule has 0 aliphatic carbocycles. The van der Waals surface area contributed by atoms with E-state index in [4.69, 9.17) is 26.4 Å². The molecule has 0 aliphatic rings. The average Bonchev–Trinajstić information content (AvgIpc) is 2.16. The van der Waals surface area contributed by atoms with Crippen LogP contribution in [-0.2, 0) is 0 Å². The number of halogens is 2. The summed E-state index contributed by atoms with van der Waals surface area (Å²) in [6, 6.07) is 5.10. The third-order valence-electron chi connectivity index (χ3n) is 1.49. The maximum atomic E-state index is 11.0. The standard InChI is InChI=1S/C8H6Cl2O2Se/c1-12-6-4-2-3-5(8(9)11)7(6)13-10/h2-4H,1H3. The van der Waals surface area contributed by atoms with Gasteiger partial charge < -0.3 is 0 Å². The van der Waals surface area contributed by atoms with Crippen molar-refractivity contribution in [2.75, 3.05) is 7.11 Å². The van der Waals surface area contributed by atoms with Gasteiger partial charge in [0.15, 0.2) is 0 Å². The quantitative estimate of drug-likeness (QED) is 0.622. The van der Waals surface area contributed by atoms with Gasteiger partial charge in [-0.1, -0.05) is 0 Å². The van der Waals surface area contributed by atoms with E-state index in [1.165, 1.54) is 7.11 Å². The molecule has 70 valence electrons. The first-order valence-electron chi connectivity index (χ1n) is 3.36. The normalized spacial score (nSPS) is 9.77. The minimum absolute atomic E-state index is 0.327. The Morgan fingerprint density at radius 1 is 1.54 bits per heavy atom. The van der Waals surface area contributed by atoms with E-state index in [9.17, 15) is 4.79 Å². The molecule has 0 atom stereocenters. The fourth-order valence-electron chi connectivity index (χ4n) is 0.911. The van der Waals surface area contributed by atoms with Crippen LogP contribution < -0.4 is 9.20 Å². The van der Waals surface area contributed by atoms with E-state index >= 15 is 0 Å². The van der Waals surface area contributed by atoms with Crippen LogP contribution in [0.4, 0.5) is 0 Å². The zero-order valence-electron chi connectivity index (χ0n) is 6.71. The van der Waals surface area contributed by atoms with E-state index in [1.54, 1.807) is 18.2 Å². The van der Waals surface area contributed by atoms with Crippen molar-refractivity contribution in [1.29, 1.82) is 0 Å². The van der Waals surface area contributed by atoms with Crippen LogP contribution in [-0.4, -0.2) is 26.4 Å². The molecule has 0 radical (unpaired) electrons. The van der Waals surface area contributed by atoms with Gasteiger partial charge in [-0.3, -0.25) is 0 Å². The molecule has 0 spiro atoms. The number of benzene rings is 1. The fourth-order valence-corrected chi connectivity index (χ4v) is 3.01. The molecule has 1 rings (SSSR count). The van der Waals surface area contributed by atoms with E-state index in [-0.39, 0.29) is 14.0 Å². The molecule has 0 aromatic heterocycles. The molecule has 0 unspecified atom stereocenters. The number of ether oxygens (including phenoxy) is 1. The van der Waals surface area contributed by atoms with Crippen molar-refractivity contribution < 1.29 is 9.53 Å². The van der Waals surface area contributed by atoms with Crippen LogP contribution in [0, 0.1) is 0 Å². The summed E-state index contributed by atoms with van der Waals surface area (Å²) in [4.78, 5) is 11.0. The Balaban J connectivity index is 3.27. The molecule has 0 saturated carbocycles. The van der Waals surface area contributed by atoms with Gasteiger partial charge in [-0.15, -0.1) is 0 Å². The molecular formula is C8H6Cl2O2Se. The topological polar surface area (TPSA) is 26.3 Å². The van der Waals surface area contributed by atoms with Crippen molar-refractivity contribution in [3.05, 3.63) is 23.8 Å². The second-order valence-electron chi connectivity index (χ2n) is 2.19. The predicted molar refractivity (Wildman–Crippen MR) is 54.4 cm³/mol. The Morgan fingerprint density at radius 3 is 2.69 bits per heavy atom. The number of carbonyl (C=O) groups excluding carboxylic acids is 1. The van der Waals surface area contributed by atoms with Crippen molar-refractivity contribution in [1.82, 2.24) is 0 Å². The van der Waals surface area contributed by atoms with Crippen LogP contribution in [0.5, 0.6) is 5.75 Å². The summed E-state index contributed by atoms with van der Waals surface area (Å²) in [7, 11) is 7.26. The maximum absolute atomic E-state index is 11.0. The van der Waals surface area contributed by atoms with Crippen molar-refractivity contribution in [2.45, 2.75) is 0 Å². The summed E-state index contributed by atoms with van der Waals surface area (Å²) in [6.45, 7) is 0. The van der Waals surface area contributed by atoms with E-state index in [1.807, 2.05) is 0 Å². The first-order valence-corrected chi connectivity index (χ1v) is 6.84. The molecule has 5 heteroatoms. The van der Waals surface area contributed by atoms with Gasteiger partial charge >= 0.3 is 91.6 Å². The summed E-state index contributed by atoms with van der Waals surface area (Å²) < 4.78 is 5.74. The fraction of sp³-hybridized carbons (Fsp3) is 0.125. The molecule has 0 N–H and O–H groups in total. The number of methoxy groups -OCH3 is 1. The molecule has 1 aromatic carbocycles. The molecule has 0 fully saturated rings. The van der Waals surface area contributed by atoms with Crippen molar-refractivity contribution in [3.63, 3.8) is 0 Å². The molecule has 0 bridgehead atoms. The van der Waals surface area contributed by atoms with Crippen LogP contribution in [0.15, 0.2) is 18.2 Å². The minimum atomic E-state index is -0.503. The Bertz CT molecular complexity index is 328. The molecule has 1 aromatic rings. The van der Waals surface area contributed by atoms with Crippen LogP contribution in [0.1, 0.15) is 10.4 Å². The van der Waals surface area contributed by atoms with Gasteiger partial charge in [0.25, 0.3) is 0 Å². The number of rotatable bonds is 3. The first-order chi connectivity index (χ1) is 6.20. The second kappa shape index (κ2) is 4.87. The van der Waals surface area contributed by atoms with E-state index in [2.05, 4.69) is 0 Å². The van der Waals surface area contributed by atoms with Crippen LogP contribution in [0.3, 0.4) is 0 Å². The Morgan fingerprint density at radius 2 is 2.23 bits per heavy atom. The molecule has 2 nitrogen and oxygen atoms in total. The molecule has 13 heavy (non-hydrogen) atoms. The Hall–Kier alpha value is -0.211. The molecule has 0 aliphatic heterocycles. The third-order valence-corrected chi connectivity index (χ3v) is 3.70. The van der Waals surface area contributed by atoms with Crippen LogP contribution >= 0.6 is 21.7 Å². The van der Waals surface area contributed by atoms with Gasteiger partial charge in [0.2, 0.25) is 0 Å². The van der Waals surface area contributed by atoms with Gasteiger partial charge in [0.1, 0.15) is 0 Å². The summed E-state index contributed by atoms with van der Waals surface area (Å²) >= 11 is 5.05. The van der Waals surface area contributed by atoms with E-state index < -0.39 is 5.24 Å². The second-order valence-corrected chi connectivity index (χ2v) is 4.51. The number of hydrogen-bond acceptors (Lipinski definition) is 2. The van der Waals surface area contributed by atoms with Gasteiger partial charge in [-0.05, 0) is 0 Å². The predicted octanol–water partition coefficient (Wildman–Crippen LogP) is 1.56. The monoisotopic (exact) mass is 284 g/mol. The Kier molecular flexibility index (Phi) is 4.07. The van der Waals surface area contributed by atoms with Crippen molar-refractivity contribution >= 4 is 45.4 Å². The SMILES string of the molecule is COc1cccc(C(=O)Cl)c1[Se]Cl. The third kappa shape index (κ3) is 2.38. The molecule has 0 saturated heterocycles. The van der Waals surface area contributed by atoms with Crippen LogP contribution in [0.2, 0.25) is 0 Å². The number of hydrogen-bond donors (Lipinski definition) is 0. The summed E-state index contributed by atoms with van der Waals surface area (Å²) in [5.74, 6) is 0.613. The molecule has 0 heterocycles. The zero-order valence-corrected chi connectivity index (χ0v) is 9.94. The summed E-state index contributed by atoms with van der Waals surface area (Å²) in [5.41, 5.74) is 0.427. The summed E-state index contributed by atoms with van der Waals surface area (Å²) in [6.07, 6.45) is 0. The number of carbonyl (C=O) groups is 1. The molecule has 0 amide bonds. The Labute approximate surface area is 91.6 Å². The zero-order chi connectivity index (χ0) is 9.84. The summed E-state index contributed by atoms with van der Waals surface area (Å²) in [5, 5.41) is -0.503. The van der Waals surface area contributed by atoms with Gasteiger partial charge in [-0.2, -0.15) is 0 Å². The van der Waals surface area contributed by atoms with Crippen LogP contribution in [0.25, 0.3) is 0 Å². The van der Waals surface area contributed by atoms with Gasteiger partial charge in [0, 0.05) is 0 Å². The van der Waals surface area contributed by atoms with E-state index in [0.717, 1.165) is 0 Å². The van der Waals surface area contributed by atoms with Crippen molar-refractivity contribution in [2.24, 2.45) is 0 Å². The molecular weight excluding hydrogens is 278 g/mol. The van der Waals surface area contributed by atoms with Gasteiger partial charge in [-0.25, -0.2) is 0 Å². The van der Waals surface area contributed by atoms with Crippen molar-refractivity contribution in [3.8, 4) is 5.75 Å². The van der Waals surface area contributed by atoms with E-state index in [0.29, 0.717) is 15.8 Å².